The molecule has 0 amide bonds. The van der Waals surface area contributed by atoms with Crippen molar-refractivity contribution in [3.05, 3.63) is 136 Å². The first-order valence-electron chi connectivity index (χ1n) is 16.1. The van der Waals surface area contributed by atoms with Crippen LogP contribution in [0.25, 0.3) is 0 Å². The van der Waals surface area contributed by atoms with Crippen molar-refractivity contribution in [1.82, 2.24) is 0 Å². The van der Waals surface area contributed by atoms with Crippen LogP contribution in [-0.4, -0.2) is 12.6 Å². The second-order valence-corrected chi connectivity index (χ2v) is 13.0. The maximum atomic E-state index is 14.2. The fourth-order valence-electron chi connectivity index (χ4n) is 7.66. The first-order valence-corrected chi connectivity index (χ1v) is 16.1. The highest BCUT2D eigenvalue weighted by molar-refractivity contribution is 5.91. The molecule has 5 rings (SSSR count). The number of hydrogen-bond acceptors (Lipinski definition) is 3. The zero-order valence-corrected chi connectivity index (χ0v) is 26.8. The van der Waals surface area contributed by atoms with Crippen molar-refractivity contribution in [1.29, 1.82) is 0 Å². The van der Waals surface area contributed by atoms with Gasteiger partial charge in [-0.1, -0.05) is 100.0 Å². The summed E-state index contributed by atoms with van der Waals surface area (Å²) in [6, 6.07) is 25.5. The molecule has 1 fully saturated rings. The molecule has 0 spiro atoms. The molecule has 4 aromatic carbocycles. The zero-order chi connectivity index (χ0) is 33.8. The van der Waals surface area contributed by atoms with E-state index in [1.54, 1.807) is 12.1 Å². The maximum absolute atomic E-state index is 14.2. The van der Waals surface area contributed by atoms with Gasteiger partial charge in [0, 0.05) is 6.61 Å². The molecular formula is C39H39F5O3. The van der Waals surface area contributed by atoms with E-state index in [-0.39, 0.29) is 11.0 Å². The summed E-state index contributed by atoms with van der Waals surface area (Å²) >= 11 is 0. The largest absolute Gasteiger partial charge is 0.416 e. The Balaban J connectivity index is 1.51. The van der Waals surface area contributed by atoms with E-state index in [0.717, 1.165) is 43.2 Å². The predicted molar refractivity (Wildman–Crippen MR) is 170 cm³/mol. The lowest BCUT2D eigenvalue weighted by Crippen LogP contribution is -2.37. The summed E-state index contributed by atoms with van der Waals surface area (Å²) in [5.74, 6) is -12.9. The SMILES string of the molecule is CCCC1(CCOC(c2ccccc2)(c2ccccc2)c2ccc(C(=O)Oc3c(F)c(F)c(F)c(F)c3F)cc2)CC(C)C[C@@H](C)C1. The third kappa shape index (κ3) is 6.98. The number of halogens is 5. The highest BCUT2D eigenvalue weighted by atomic mass is 19.2. The molecule has 0 bridgehead atoms. The second kappa shape index (κ2) is 14.4. The van der Waals surface area contributed by atoms with Crippen LogP contribution < -0.4 is 4.74 Å². The summed E-state index contributed by atoms with van der Waals surface area (Å²) in [4.78, 5) is 12.9. The van der Waals surface area contributed by atoms with Gasteiger partial charge in [-0.2, -0.15) is 8.78 Å². The van der Waals surface area contributed by atoms with Gasteiger partial charge >= 0.3 is 5.97 Å². The number of ether oxygens (including phenoxy) is 2. The number of esters is 1. The minimum atomic E-state index is -2.34. The standard InChI is InChI=1S/C39H39F5O3/c1-4-19-38(23-25(2)22-26(3)24-38)20-21-46-39(28-11-7-5-8-12-28,29-13-9-6-10-14-29)30-17-15-27(16-18-30)37(45)47-36-34(43)32(41)31(40)33(42)35(36)44/h5-18,25-26H,4,19-24H2,1-3H3/t25-,26?,38?/m1/s1. The van der Waals surface area contributed by atoms with E-state index in [2.05, 4.69) is 25.5 Å². The van der Waals surface area contributed by atoms with Crippen LogP contribution >= 0.6 is 0 Å². The van der Waals surface area contributed by atoms with Crippen molar-refractivity contribution in [2.45, 2.75) is 64.9 Å². The predicted octanol–water partition coefficient (Wildman–Crippen LogP) is 10.5. The first kappa shape index (κ1) is 34.3. The van der Waals surface area contributed by atoms with Gasteiger partial charge in [-0.15, -0.1) is 0 Å². The Morgan fingerprint density at radius 2 is 1.17 bits per heavy atom. The Labute approximate surface area is 272 Å². The van der Waals surface area contributed by atoms with Crippen LogP contribution in [0.4, 0.5) is 22.0 Å². The Kier molecular flexibility index (Phi) is 10.5. The van der Waals surface area contributed by atoms with Crippen LogP contribution in [0.2, 0.25) is 0 Å². The minimum absolute atomic E-state index is 0.153. The number of benzene rings is 4. The van der Waals surface area contributed by atoms with Crippen LogP contribution in [0.15, 0.2) is 84.9 Å². The van der Waals surface area contributed by atoms with Gasteiger partial charge < -0.3 is 9.47 Å². The average Bonchev–Trinajstić information content (AvgIpc) is 3.07. The van der Waals surface area contributed by atoms with Crippen molar-refractivity contribution in [3.8, 4) is 5.75 Å². The molecule has 1 aliphatic carbocycles. The molecule has 2 unspecified atom stereocenters. The fraction of sp³-hybridized carbons (Fsp3) is 0.359. The lowest BCUT2D eigenvalue weighted by molar-refractivity contribution is -0.0224. The molecule has 0 heterocycles. The summed E-state index contributed by atoms with van der Waals surface area (Å²) in [6.07, 6.45) is 6.61. The maximum Gasteiger partial charge on any atom is 0.343 e. The van der Waals surface area contributed by atoms with Crippen LogP contribution in [0.1, 0.15) is 86.3 Å². The minimum Gasteiger partial charge on any atom is -0.416 e. The molecule has 1 aliphatic rings. The lowest BCUT2D eigenvalue weighted by Gasteiger charge is -2.44. The monoisotopic (exact) mass is 650 g/mol. The average molecular weight is 651 g/mol. The number of rotatable bonds is 11. The Morgan fingerprint density at radius 1 is 0.702 bits per heavy atom. The molecule has 4 aromatic rings. The zero-order valence-electron chi connectivity index (χ0n) is 26.8. The van der Waals surface area contributed by atoms with Crippen molar-refractivity contribution in [2.75, 3.05) is 6.61 Å². The van der Waals surface area contributed by atoms with Gasteiger partial charge in [-0.3, -0.25) is 0 Å². The van der Waals surface area contributed by atoms with Crippen LogP contribution in [-0.2, 0) is 10.3 Å². The summed E-state index contributed by atoms with van der Waals surface area (Å²) in [5.41, 5.74) is 1.32. The smallest absolute Gasteiger partial charge is 0.343 e. The summed E-state index contributed by atoms with van der Waals surface area (Å²) in [7, 11) is 0. The van der Waals surface area contributed by atoms with Crippen molar-refractivity contribution < 1.29 is 36.2 Å². The molecule has 3 nitrogen and oxygen atoms in total. The topological polar surface area (TPSA) is 35.5 Å². The number of carbonyl (C=O) groups is 1. The molecular weight excluding hydrogens is 611 g/mol. The van der Waals surface area contributed by atoms with Gasteiger partial charge in [-0.05, 0) is 78.2 Å². The van der Waals surface area contributed by atoms with Crippen LogP contribution in [0.3, 0.4) is 0 Å². The highest BCUT2D eigenvalue weighted by Crippen LogP contribution is 2.49. The highest BCUT2D eigenvalue weighted by Gasteiger charge is 2.41. The molecule has 248 valence electrons. The second-order valence-electron chi connectivity index (χ2n) is 13.0. The summed E-state index contributed by atoms with van der Waals surface area (Å²) in [5, 5.41) is 0. The normalized spacial score (nSPS) is 19.8. The lowest BCUT2D eigenvalue weighted by atomic mass is 9.63. The Hall–Kier alpha value is -4.04. The van der Waals surface area contributed by atoms with E-state index >= 15 is 0 Å². The van der Waals surface area contributed by atoms with E-state index in [1.165, 1.54) is 18.6 Å². The molecule has 0 radical (unpaired) electrons. The van der Waals surface area contributed by atoms with E-state index < -0.39 is 46.4 Å². The van der Waals surface area contributed by atoms with E-state index in [0.29, 0.717) is 24.0 Å². The van der Waals surface area contributed by atoms with Gasteiger partial charge in [0.2, 0.25) is 34.8 Å². The fourth-order valence-corrected chi connectivity index (χ4v) is 7.66. The quantitative estimate of drug-likeness (QED) is 0.0405. The number of hydrogen-bond donors (Lipinski definition) is 0. The van der Waals surface area contributed by atoms with E-state index in [4.69, 9.17) is 4.74 Å². The Morgan fingerprint density at radius 3 is 1.66 bits per heavy atom. The molecule has 0 aliphatic heterocycles. The molecule has 8 heteroatoms. The van der Waals surface area contributed by atoms with Crippen LogP contribution in [0.5, 0.6) is 5.75 Å². The summed E-state index contributed by atoms with van der Waals surface area (Å²) < 4.78 is 81.2. The summed E-state index contributed by atoms with van der Waals surface area (Å²) in [6.45, 7) is 7.35. The molecule has 47 heavy (non-hydrogen) atoms. The molecule has 0 saturated heterocycles. The van der Waals surface area contributed by atoms with Crippen LogP contribution in [0, 0.1) is 46.3 Å². The van der Waals surface area contributed by atoms with E-state index in [9.17, 15) is 26.7 Å². The van der Waals surface area contributed by atoms with Gasteiger partial charge in [0.05, 0.1) is 5.56 Å². The van der Waals surface area contributed by atoms with Gasteiger partial charge in [0.25, 0.3) is 0 Å². The third-order valence-electron chi connectivity index (χ3n) is 9.35. The third-order valence-corrected chi connectivity index (χ3v) is 9.35. The molecule has 0 aromatic heterocycles. The van der Waals surface area contributed by atoms with E-state index in [1.807, 2.05) is 60.7 Å². The van der Waals surface area contributed by atoms with Gasteiger partial charge in [0.15, 0.2) is 0 Å². The molecule has 1 saturated carbocycles. The van der Waals surface area contributed by atoms with Crippen molar-refractivity contribution >= 4 is 5.97 Å². The van der Waals surface area contributed by atoms with Crippen molar-refractivity contribution in [2.24, 2.45) is 17.3 Å². The first-order chi connectivity index (χ1) is 22.5. The van der Waals surface area contributed by atoms with Gasteiger partial charge in [-0.25, -0.2) is 18.0 Å². The molecule has 0 N–H and O–H groups in total. The van der Waals surface area contributed by atoms with Crippen molar-refractivity contribution in [3.63, 3.8) is 0 Å². The number of carbonyl (C=O) groups excluding carboxylic acids is 1. The van der Waals surface area contributed by atoms with Gasteiger partial charge in [0.1, 0.15) is 5.60 Å². The molecule has 3 atom stereocenters. The Bertz CT molecular complexity index is 1600.